The highest BCUT2D eigenvalue weighted by Crippen LogP contribution is 2.31. The summed E-state index contributed by atoms with van der Waals surface area (Å²) in [4.78, 5) is 29.7. The fourth-order valence-electron chi connectivity index (χ4n) is 5.16. The molecule has 0 radical (unpaired) electrons. The largest absolute Gasteiger partial charge is 0.493 e. The van der Waals surface area contributed by atoms with E-state index in [0.717, 1.165) is 49.4 Å². The third-order valence-electron chi connectivity index (χ3n) is 7.07. The van der Waals surface area contributed by atoms with Gasteiger partial charge >= 0.3 is 5.97 Å². The van der Waals surface area contributed by atoms with E-state index in [2.05, 4.69) is 11.0 Å². The second-order valence-corrected chi connectivity index (χ2v) is 10.1. The first kappa shape index (κ1) is 28.5. The van der Waals surface area contributed by atoms with E-state index in [1.165, 1.54) is 14.0 Å². The van der Waals surface area contributed by atoms with Crippen LogP contribution in [0.4, 0.5) is 0 Å². The number of hydrogen-bond acceptors (Lipinski definition) is 6. The van der Waals surface area contributed by atoms with E-state index in [4.69, 9.17) is 25.8 Å². The lowest BCUT2D eigenvalue weighted by Gasteiger charge is -2.41. The summed E-state index contributed by atoms with van der Waals surface area (Å²) >= 11 is 6.03. The standard InChI is InChI=1S/C31H35ClN2O5/c1-22(35)34(28(31(36)38-3)20-23-11-13-25(32)14-12-23)26-15-17-33(18-16-26)21-24-7-6-8-27(19-24)39-30-10-5-4-9-29(30)37-2/h4-14,19,26,28H,15-18,20-21H2,1-3H3. The maximum Gasteiger partial charge on any atom is 0.328 e. The Kier molecular flexibility index (Phi) is 9.85. The molecule has 3 aromatic carbocycles. The summed E-state index contributed by atoms with van der Waals surface area (Å²) in [6.07, 6.45) is 1.92. The minimum atomic E-state index is -0.686. The minimum Gasteiger partial charge on any atom is -0.493 e. The van der Waals surface area contributed by atoms with Crippen LogP contribution in [0.3, 0.4) is 0 Å². The van der Waals surface area contributed by atoms with Crippen molar-refractivity contribution in [1.29, 1.82) is 0 Å². The van der Waals surface area contributed by atoms with Gasteiger partial charge in [-0.05, 0) is 60.4 Å². The molecule has 0 N–H and O–H groups in total. The molecule has 1 amide bonds. The van der Waals surface area contributed by atoms with Gasteiger partial charge in [0.15, 0.2) is 11.5 Å². The Balaban J connectivity index is 1.40. The van der Waals surface area contributed by atoms with E-state index in [1.54, 1.807) is 24.1 Å². The SMILES string of the molecule is COC(=O)C(Cc1ccc(Cl)cc1)N(C(C)=O)C1CCN(Cc2cccc(Oc3ccccc3OC)c2)CC1. The van der Waals surface area contributed by atoms with E-state index < -0.39 is 12.0 Å². The van der Waals surface area contributed by atoms with Gasteiger partial charge in [-0.15, -0.1) is 0 Å². The van der Waals surface area contributed by atoms with Gasteiger partial charge in [0.05, 0.1) is 14.2 Å². The van der Waals surface area contributed by atoms with Crippen molar-refractivity contribution < 1.29 is 23.8 Å². The molecule has 1 saturated heterocycles. The number of carbonyl (C=O) groups is 2. The van der Waals surface area contributed by atoms with Crippen molar-refractivity contribution in [3.05, 3.63) is 88.9 Å². The van der Waals surface area contributed by atoms with Crippen LogP contribution < -0.4 is 9.47 Å². The van der Waals surface area contributed by atoms with Crippen molar-refractivity contribution in [2.24, 2.45) is 0 Å². The molecule has 1 aliphatic heterocycles. The Morgan fingerprint density at radius 2 is 1.64 bits per heavy atom. The molecule has 7 nitrogen and oxygen atoms in total. The lowest BCUT2D eigenvalue weighted by molar-refractivity contribution is -0.155. The molecule has 8 heteroatoms. The highest BCUT2D eigenvalue weighted by atomic mass is 35.5. The fraction of sp³-hybridized carbons (Fsp3) is 0.355. The molecule has 0 spiro atoms. The number of hydrogen-bond donors (Lipinski definition) is 0. The number of likely N-dealkylation sites (tertiary alicyclic amines) is 1. The third kappa shape index (κ3) is 7.52. The number of methoxy groups -OCH3 is 2. The van der Waals surface area contributed by atoms with Gasteiger partial charge < -0.3 is 19.1 Å². The van der Waals surface area contributed by atoms with E-state index in [-0.39, 0.29) is 11.9 Å². The Labute approximate surface area is 235 Å². The topological polar surface area (TPSA) is 68.3 Å². The monoisotopic (exact) mass is 550 g/mol. The van der Waals surface area contributed by atoms with Gasteiger partial charge in [0.2, 0.25) is 5.91 Å². The van der Waals surface area contributed by atoms with Crippen molar-refractivity contribution in [3.63, 3.8) is 0 Å². The van der Waals surface area contributed by atoms with Crippen molar-refractivity contribution in [3.8, 4) is 17.2 Å². The number of para-hydroxylation sites is 2. The van der Waals surface area contributed by atoms with E-state index in [0.29, 0.717) is 22.9 Å². The zero-order valence-corrected chi connectivity index (χ0v) is 23.4. The lowest BCUT2D eigenvalue weighted by Crippen LogP contribution is -2.54. The minimum absolute atomic E-state index is 0.0460. The zero-order chi connectivity index (χ0) is 27.8. The Morgan fingerprint density at radius 1 is 0.949 bits per heavy atom. The molecule has 0 saturated carbocycles. The van der Waals surface area contributed by atoms with Crippen LogP contribution in [0.2, 0.25) is 5.02 Å². The number of carbonyl (C=O) groups excluding carboxylic acids is 2. The van der Waals surface area contributed by atoms with E-state index in [1.807, 2.05) is 54.6 Å². The number of benzene rings is 3. The summed E-state index contributed by atoms with van der Waals surface area (Å²) < 4.78 is 16.6. The van der Waals surface area contributed by atoms with Crippen LogP contribution in [-0.2, 0) is 27.3 Å². The maximum atomic E-state index is 12.8. The predicted octanol–water partition coefficient (Wildman–Crippen LogP) is 5.74. The second-order valence-electron chi connectivity index (χ2n) is 9.70. The van der Waals surface area contributed by atoms with Crippen LogP contribution >= 0.6 is 11.6 Å². The maximum absolute atomic E-state index is 12.8. The quantitative estimate of drug-likeness (QED) is 0.300. The van der Waals surface area contributed by atoms with E-state index >= 15 is 0 Å². The van der Waals surface area contributed by atoms with Crippen LogP contribution in [-0.4, -0.2) is 61.1 Å². The third-order valence-corrected chi connectivity index (χ3v) is 7.32. The van der Waals surface area contributed by atoms with Crippen molar-refractivity contribution in [2.45, 2.75) is 44.8 Å². The summed E-state index contributed by atoms with van der Waals surface area (Å²) in [5.41, 5.74) is 2.06. The van der Waals surface area contributed by atoms with Gasteiger partial charge in [-0.2, -0.15) is 0 Å². The number of piperidine rings is 1. The smallest absolute Gasteiger partial charge is 0.328 e. The van der Waals surface area contributed by atoms with Gasteiger partial charge in [-0.1, -0.05) is 48.0 Å². The predicted molar refractivity (Wildman–Crippen MR) is 151 cm³/mol. The first-order valence-corrected chi connectivity index (χ1v) is 13.5. The number of rotatable bonds is 10. The summed E-state index contributed by atoms with van der Waals surface area (Å²) in [5.74, 6) is 1.56. The normalized spacial score (nSPS) is 14.9. The van der Waals surface area contributed by atoms with Crippen LogP contribution in [0, 0.1) is 0 Å². The fourth-order valence-corrected chi connectivity index (χ4v) is 5.28. The molecular formula is C31H35ClN2O5. The Hall–Kier alpha value is -3.55. The summed E-state index contributed by atoms with van der Waals surface area (Å²) in [5, 5.41) is 0.626. The lowest BCUT2D eigenvalue weighted by atomic mass is 9.97. The van der Waals surface area contributed by atoms with Gasteiger partial charge in [0.1, 0.15) is 11.8 Å². The molecule has 4 rings (SSSR count). The van der Waals surface area contributed by atoms with Crippen LogP contribution in [0.5, 0.6) is 17.2 Å². The first-order valence-electron chi connectivity index (χ1n) is 13.1. The average molecular weight is 551 g/mol. The number of nitrogens with zero attached hydrogens (tertiary/aromatic N) is 2. The van der Waals surface area contributed by atoms with Gasteiger partial charge in [0.25, 0.3) is 0 Å². The van der Waals surface area contributed by atoms with Gasteiger partial charge in [0, 0.05) is 44.0 Å². The molecule has 1 atom stereocenters. The number of esters is 1. The number of amides is 1. The second kappa shape index (κ2) is 13.5. The number of halogens is 1. The van der Waals surface area contributed by atoms with E-state index in [9.17, 15) is 9.59 Å². The molecule has 3 aromatic rings. The summed E-state index contributed by atoms with van der Waals surface area (Å²) in [6, 6.07) is 22.2. The first-order chi connectivity index (χ1) is 18.9. The van der Waals surface area contributed by atoms with Crippen molar-refractivity contribution in [1.82, 2.24) is 9.80 Å². The molecule has 0 aliphatic carbocycles. The Morgan fingerprint density at radius 3 is 2.28 bits per heavy atom. The molecule has 0 bridgehead atoms. The van der Waals surface area contributed by atoms with Crippen LogP contribution in [0.1, 0.15) is 30.9 Å². The average Bonchev–Trinajstić information content (AvgIpc) is 2.94. The van der Waals surface area contributed by atoms with Crippen molar-refractivity contribution in [2.75, 3.05) is 27.3 Å². The molecule has 1 unspecified atom stereocenters. The highest BCUT2D eigenvalue weighted by Gasteiger charge is 2.36. The van der Waals surface area contributed by atoms with Gasteiger partial charge in [-0.3, -0.25) is 9.69 Å². The van der Waals surface area contributed by atoms with Crippen molar-refractivity contribution >= 4 is 23.5 Å². The van der Waals surface area contributed by atoms with Crippen LogP contribution in [0.25, 0.3) is 0 Å². The van der Waals surface area contributed by atoms with Gasteiger partial charge in [-0.25, -0.2) is 4.79 Å². The van der Waals surface area contributed by atoms with Crippen LogP contribution in [0.15, 0.2) is 72.8 Å². The number of ether oxygens (including phenoxy) is 3. The summed E-state index contributed by atoms with van der Waals surface area (Å²) in [7, 11) is 2.99. The molecule has 39 heavy (non-hydrogen) atoms. The molecular weight excluding hydrogens is 516 g/mol. The molecule has 1 heterocycles. The summed E-state index contributed by atoms with van der Waals surface area (Å²) in [6.45, 7) is 3.90. The molecule has 0 aromatic heterocycles. The molecule has 206 valence electrons. The Bertz CT molecular complexity index is 1260. The zero-order valence-electron chi connectivity index (χ0n) is 22.6. The highest BCUT2D eigenvalue weighted by molar-refractivity contribution is 6.30. The molecule has 1 fully saturated rings. The molecule has 1 aliphatic rings.